The molecule has 1 amide bonds. The molecule has 15 heavy (non-hydrogen) atoms. The number of hydrogen-bond donors (Lipinski definition) is 1. The highest BCUT2D eigenvalue weighted by atomic mass is 16.5. The van der Waals surface area contributed by atoms with E-state index in [1.165, 1.54) is 6.42 Å². The maximum Gasteiger partial charge on any atom is 0.222 e. The molecule has 0 saturated carbocycles. The van der Waals surface area contributed by atoms with Crippen LogP contribution in [0.2, 0.25) is 0 Å². The lowest BCUT2D eigenvalue weighted by Gasteiger charge is -2.17. The number of ether oxygens (including phenoxy) is 1. The van der Waals surface area contributed by atoms with Crippen LogP contribution in [0, 0.1) is 5.92 Å². The number of nitrogens with one attached hydrogen (secondary N) is 1. The Bertz CT molecular complexity index is 191. The lowest BCUT2D eigenvalue weighted by atomic mass is 10.0. The molecule has 1 N–H and O–H groups in total. The quantitative estimate of drug-likeness (QED) is 0.699. The van der Waals surface area contributed by atoms with Crippen LogP contribution in [0.1, 0.15) is 19.3 Å². The third-order valence-corrected chi connectivity index (χ3v) is 2.99. The van der Waals surface area contributed by atoms with Crippen LogP contribution in [0.5, 0.6) is 0 Å². The summed E-state index contributed by atoms with van der Waals surface area (Å²) in [6.45, 7) is 3.50. The summed E-state index contributed by atoms with van der Waals surface area (Å²) in [5.41, 5.74) is 0. The van der Waals surface area contributed by atoms with Gasteiger partial charge < -0.3 is 15.0 Å². The van der Waals surface area contributed by atoms with E-state index in [1.807, 2.05) is 7.05 Å². The first kappa shape index (κ1) is 12.5. The Labute approximate surface area is 92.0 Å². The third kappa shape index (κ3) is 4.62. The highest BCUT2D eigenvalue weighted by Gasteiger charge is 2.16. The highest BCUT2D eigenvalue weighted by molar-refractivity contribution is 5.75. The van der Waals surface area contributed by atoms with Crippen molar-refractivity contribution < 1.29 is 9.53 Å². The molecule has 1 aliphatic heterocycles. The van der Waals surface area contributed by atoms with Gasteiger partial charge in [0.1, 0.15) is 0 Å². The molecule has 0 aromatic carbocycles. The molecule has 4 nitrogen and oxygen atoms in total. The van der Waals surface area contributed by atoms with Crippen molar-refractivity contribution in [1.82, 2.24) is 10.2 Å². The highest BCUT2D eigenvalue weighted by Crippen LogP contribution is 2.14. The van der Waals surface area contributed by atoms with E-state index >= 15 is 0 Å². The van der Waals surface area contributed by atoms with Crippen molar-refractivity contribution >= 4 is 5.91 Å². The number of carbonyl (C=O) groups is 1. The Morgan fingerprint density at radius 3 is 3.00 bits per heavy atom. The largest absolute Gasteiger partial charge is 0.383 e. The molecule has 0 aliphatic carbocycles. The van der Waals surface area contributed by atoms with Crippen LogP contribution in [0.4, 0.5) is 0 Å². The zero-order valence-corrected chi connectivity index (χ0v) is 9.79. The zero-order valence-electron chi connectivity index (χ0n) is 9.79. The molecule has 1 unspecified atom stereocenters. The van der Waals surface area contributed by atoms with Gasteiger partial charge in [-0.2, -0.15) is 0 Å². The molecule has 1 rings (SSSR count). The van der Waals surface area contributed by atoms with Gasteiger partial charge in [0.25, 0.3) is 0 Å². The van der Waals surface area contributed by atoms with Crippen LogP contribution in [-0.4, -0.2) is 51.2 Å². The normalized spacial score (nSPS) is 20.5. The lowest BCUT2D eigenvalue weighted by Crippen LogP contribution is -2.30. The van der Waals surface area contributed by atoms with Gasteiger partial charge in [0.15, 0.2) is 0 Å². The molecule has 0 bridgehead atoms. The number of rotatable bonds is 6. The molecule has 4 heteroatoms. The van der Waals surface area contributed by atoms with Gasteiger partial charge in [-0.05, 0) is 31.8 Å². The SMILES string of the molecule is COCCN(C)C(=O)CCC1CCNC1. The smallest absolute Gasteiger partial charge is 0.222 e. The van der Waals surface area contributed by atoms with E-state index < -0.39 is 0 Å². The second-order valence-corrected chi connectivity index (χ2v) is 4.21. The van der Waals surface area contributed by atoms with Crippen LogP contribution < -0.4 is 5.32 Å². The minimum Gasteiger partial charge on any atom is -0.383 e. The van der Waals surface area contributed by atoms with Gasteiger partial charge in [0, 0.05) is 27.1 Å². The maximum absolute atomic E-state index is 11.7. The second-order valence-electron chi connectivity index (χ2n) is 4.21. The summed E-state index contributed by atoms with van der Waals surface area (Å²) in [6, 6.07) is 0. The maximum atomic E-state index is 11.7. The van der Waals surface area contributed by atoms with Crippen molar-refractivity contribution in [3.63, 3.8) is 0 Å². The molecule has 0 spiro atoms. The molecule has 88 valence electrons. The molecule has 1 heterocycles. The fourth-order valence-corrected chi connectivity index (χ4v) is 1.83. The Kier molecular flexibility index (Phi) is 5.65. The fraction of sp³-hybridized carbons (Fsp3) is 0.909. The molecule has 1 aliphatic rings. The topological polar surface area (TPSA) is 41.6 Å². The Morgan fingerprint density at radius 2 is 2.40 bits per heavy atom. The summed E-state index contributed by atoms with van der Waals surface area (Å²) >= 11 is 0. The number of amides is 1. The van der Waals surface area contributed by atoms with Crippen LogP contribution in [0.3, 0.4) is 0 Å². The summed E-state index contributed by atoms with van der Waals surface area (Å²) < 4.78 is 4.94. The number of nitrogens with zero attached hydrogens (tertiary/aromatic N) is 1. The number of carbonyl (C=O) groups excluding carboxylic acids is 1. The minimum atomic E-state index is 0.235. The second kappa shape index (κ2) is 6.80. The predicted molar refractivity (Wildman–Crippen MR) is 59.7 cm³/mol. The molecule has 1 atom stereocenters. The first-order valence-electron chi connectivity index (χ1n) is 5.67. The van der Waals surface area contributed by atoms with Crippen molar-refractivity contribution in [1.29, 1.82) is 0 Å². The monoisotopic (exact) mass is 214 g/mol. The van der Waals surface area contributed by atoms with E-state index in [1.54, 1.807) is 12.0 Å². The first-order chi connectivity index (χ1) is 7.24. The summed E-state index contributed by atoms with van der Waals surface area (Å²) in [5.74, 6) is 0.934. The van der Waals surface area contributed by atoms with Gasteiger partial charge in [-0.1, -0.05) is 0 Å². The van der Waals surface area contributed by atoms with Crippen molar-refractivity contribution in [2.75, 3.05) is 40.4 Å². The van der Waals surface area contributed by atoms with E-state index in [2.05, 4.69) is 5.32 Å². The van der Waals surface area contributed by atoms with Crippen LogP contribution in [-0.2, 0) is 9.53 Å². The van der Waals surface area contributed by atoms with Gasteiger partial charge in [-0.15, -0.1) is 0 Å². The van der Waals surface area contributed by atoms with Gasteiger partial charge in [0.05, 0.1) is 6.61 Å². The number of methoxy groups -OCH3 is 1. The van der Waals surface area contributed by atoms with Crippen LogP contribution >= 0.6 is 0 Å². The Morgan fingerprint density at radius 1 is 1.60 bits per heavy atom. The van der Waals surface area contributed by atoms with Gasteiger partial charge >= 0.3 is 0 Å². The summed E-state index contributed by atoms with van der Waals surface area (Å²) in [7, 11) is 3.50. The average molecular weight is 214 g/mol. The summed E-state index contributed by atoms with van der Waals surface area (Å²) in [6.07, 6.45) is 2.91. The van der Waals surface area contributed by atoms with E-state index in [4.69, 9.17) is 4.74 Å². The molecular weight excluding hydrogens is 192 g/mol. The third-order valence-electron chi connectivity index (χ3n) is 2.99. The summed E-state index contributed by atoms with van der Waals surface area (Å²) in [5, 5.41) is 3.31. The van der Waals surface area contributed by atoms with Crippen molar-refractivity contribution in [3.8, 4) is 0 Å². The van der Waals surface area contributed by atoms with Crippen molar-refractivity contribution in [3.05, 3.63) is 0 Å². The predicted octanol–water partition coefficient (Wildman–Crippen LogP) is 0.481. The molecule has 0 aromatic heterocycles. The Hall–Kier alpha value is -0.610. The molecule has 1 saturated heterocycles. The van der Waals surface area contributed by atoms with Crippen molar-refractivity contribution in [2.24, 2.45) is 5.92 Å². The van der Waals surface area contributed by atoms with Crippen LogP contribution in [0.15, 0.2) is 0 Å². The van der Waals surface area contributed by atoms with E-state index in [0.29, 0.717) is 25.5 Å². The number of likely N-dealkylation sites (N-methyl/N-ethyl adjacent to an activating group) is 1. The van der Waals surface area contributed by atoms with E-state index in [-0.39, 0.29) is 5.91 Å². The van der Waals surface area contributed by atoms with Crippen LogP contribution in [0.25, 0.3) is 0 Å². The van der Waals surface area contributed by atoms with E-state index in [0.717, 1.165) is 19.5 Å². The van der Waals surface area contributed by atoms with E-state index in [9.17, 15) is 4.79 Å². The van der Waals surface area contributed by atoms with Gasteiger partial charge in [-0.3, -0.25) is 4.79 Å². The Balaban J connectivity index is 2.11. The summed E-state index contributed by atoms with van der Waals surface area (Å²) in [4.78, 5) is 13.4. The minimum absolute atomic E-state index is 0.235. The van der Waals surface area contributed by atoms with Gasteiger partial charge in [0.2, 0.25) is 5.91 Å². The lowest BCUT2D eigenvalue weighted by molar-refractivity contribution is -0.130. The van der Waals surface area contributed by atoms with Gasteiger partial charge in [-0.25, -0.2) is 0 Å². The standard InChI is InChI=1S/C11H22N2O2/c1-13(7-8-15-2)11(14)4-3-10-5-6-12-9-10/h10,12H,3-9H2,1-2H3. The zero-order chi connectivity index (χ0) is 11.1. The van der Waals surface area contributed by atoms with Crippen molar-refractivity contribution in [2.45, 2.75) is 19.3 Å². The fourth-order valence-electron chi connectivity index (χ4n) is 1.83. The first-order valence-corrected chi connectivity index (χ1v) is 5.67. The molecular formula is C11H22N2O2. The molecule has 0 radical (unpaired) electrons. The molecule has 1 fully saturated rings. The molecule has 0 aromatic rings. The number of hydrogen-bond acceptors (Lipinski definition) is 3. The average Bonchev–Trinajstić information content (AvgIpc) is 2.75.